The van der Waals surface area contributed by atoms with Crippen LogP contribution in [-0.2, 0) is 16.0 Å². The largest absolute Gasteiger partial charge is 0.425 e. The Kier molecular flexibility index (Phi) is 2.33. The van der Waals surface area contributed by atoms with E-state index in [0.717, 1.165) is 0 Å². The zero-order valence-corrected chi connectivity index (χ0v) is 9.64. The minimum Gasteiger partial charge on any atom is -0.425 e. The van der Waals surface area contributed by atoms with Gasteiger partial charge in [0.15, 0.2) is 5.43 Å². The Morgan fingerprint density at radius 3 is 2.94 bits per heavy atom. The zero-order chi connectivity index (χ0) is 12.7. The third-order valence-electron chi connectivity index (χ3n) is 2.76. The average Bonchev–Trinajstić information content (AvgIpc) is 2.71. The van der Waals surface area contributed by atoms with Gasteiger partial charge in [0.1, 0.15) is 5.58 Å². The van der Waals surface area contributed by atoms with Crippen molar-refractivity contribution in [1.29, 1.82) is 0 Å². The molecule has 0 aliphatic carbocycles. The molecule has 0 N–H and O–H groups in total. The van der Waals surface area contributed by atoms with Gasteiger partial charge in [-0.3, -0.25) is 9.59 Å². The summed E-state index contributed by atoms with van der Waals surface area (Å²) < 4.78 is 15.7. The fourth-order valence-corrected chi connectivity index (χ4v) is 2.01. The second-order valence-corrected chi connectivity index (χ2v) is 4.05. The van der Waals surface area contributed by atoms with Crippen molar-refractivity contribution in [3.8, 4) is 5.95 Å². The molecule has 0 amide bonds. The number of hydrogen-bond donors (Lipinski definition) is 0. The first-order chi connectivity index (χ1) is 8.65. The van der Waals surface area contributed by atoms with E-state index in [1.54, 1.807) is 24.3 Å². The highest BCUT2D eigenvalue weighted by Gasteiger charge is 2.30. The van der Waals surface area contributed by atoms with Crippen LogP contribution in [0.3, 0.4) is 0 Å². The summed E-state index contributed by atoms with van der Waals surface area (Å²) >= 11 is 0. The normalized spacial score (nSPS) is 17.3. The minimum atomic E-state index is -0.772. The molecule has 5 nitrogen and oxygen atoms in total. The van der Waals surface area contributed by atoms with E-state index in [2.05, 4.69) is 0 Å². The van der Waals surface area contributed by atoms with Crippen LogP contribution in [0.2, 0.25) is 0 Å². The highest BCUT2D eigenvalue weighted by molar-refractivity contribution is 5.77. The van der Waals surface area contributed by atoms with Gasteiger partial charge in [0.2, 0.25) is 0 Å². The molecule has 92 valence electrons. The Morgan fingerprint density at radius 1 is 1.39 bits per heavy atom. The predicted molar refractivity (Wildman–Crippen MR) is 62.4 cm³/mol. The number of ether oxygens (including phenoxy) is 2. The number of hydrogen-bond acceptors (Lipinski definition) is 5. The monoisotopic (exact) mass is 246 g/mol. The van der Waals surface area contributed by atoms with E-state index in [9.17, 15) is 9.59 Å². The third-order valence-corrected chi connectivity index (χ3v) is 2.76. The quantitative estimate of drug-likeness (QED) is 0.715. The van der Waals surface area contributed by atoms with Gasteiger partial charge in [-0.2, -0.15) is 0 Å². The summed E-state index contributed by atoms with van der Waals surface area (Å²) in [7, 11) is 0. The molecule has 1 aromatic heterocycles. The summed E-state index contributed by atoms with van der Waals surface area (Å²) in [5, 5.41) is 0.503. The lowest BCUT2D eigenvalue weighted by atomic mass is 10.1. The van der Waals surface area contributed by atoms with Gasteiger partial charge in [-0.1, -0.05) is 12.1 Å². The van der Waals surface area contributed by atoms with Crippen LogP contribution in [0.5, 0.6) is 5.95 Å². The molecule has 2 heterocycles. The average molecular weight is 246 g/mol. The summed E-state index contributed by atoms with van der Waals surface area (Å²) in [6.07, 6.45) is -0.548. The van der Waals surface area contributed by atoms with Crippen LogP contribution >= 0.6 is 0 Å². The topological polar surface area (TPSA) is 65.7 Å². The SMILES string of the molecule is CC(=O)OC1Cc2c(oc3ccccc3c2=O)O1. The van der Waals surface area contributed by atoms with Gasteiger partial charge in [-0.15, -0.1) is 0 Å². The first kappa shape index (κ1) is 10.8. The molecule has 1 aromatic carbocycles. The molecule has 0 radical (unpaired) electrons. The first-order valence-corrected chi connectivity index (χ1v) is 5.54. The molecule has 1 atom stereocenters. The Labute approximate surface area is 102 Å². The second-order valence-electron chi connectivity index (χ2n) is 4.05. The number of rotatable bonds is 1. The van der Waals surface area contributed by atoms with Gasteiger partial charge in [0, 0.05) is 6.92 Å². The maximum atomic E-state index is 12.2. The number of para-hydroxylation sites is 1. The maximum Gasteiger partial charge on any atom is 0.305 e. The van der Waals surface area contributed by atoms with Crippen LogP contribution in [-0.4, -0.2) is 12.3 Å². The van der Waals surface area contributed by atoms with Crippen molar-refractivity contribution in [1.82, 2.24) is 0 Å². The number of esters is 1. The van der Waals surface area contributed by atoms with Crippen LogP contribution in [0.15, 0.2) is 33.5 Å². The number of fused-ring (bicyclic) bond motifs is 2. The Bertz CT molecular complexity index is 685. The van der Waals surface area contributed by atoms with Crippen molar-refractivity contribution in [3.63, 3.8) is 0 Å². The standard InChI is InChI=1S/C13H10O5/c1-7(14)16-11-6-9-12(15)8-4-2-3-5-10(8)17-13(9)18-11/h2-5,11H,6H2,1H3. The van der Waals surface area contributed by atoms with E-state index < -0.39 is 12.3 Å². The summed E-state index contributed by atoms with van der Waals surface area (Å²) in [4.78, 5) is 23.0. The van der Waals surface area contributed by atoms with E-state index in [0.29, 0.717) is 16.5 Å². The van der Waals surface area contributed by atoms with E-state index in [1.807, 2.05) is 0 Å². The van der Waals surface area contributed by atoms with E-state index in [-0.39, 0.29) is 17.8 Å². The molecule has 5 heteroatoms. The molecule has 0 spiro atoms. The fraction of sp³-hybridized carbons (Fsp3) is 0.231. The molecule has 1 unspecified atom stereocenters. The van der Waals surface area contributed by atoms with Gasteiger partial charge in [-0.25, -0.2) is 0 Å². The lowest BCUT2D eigenvalue weighted by Gasteiger charge is -2.08. The van der Waals surface area contributed by atoms with Gasteiger partial charge in [0.25, 0.3) is 12.2 Å². The number of benzene rings is 1. The molecule has 2 aromatic rings. The van der Waals surface area contributed by atoms with E-state index in [4.69, 9.17) is 13.9 Å². The van der Waals surface area contributed by atoms with Gasteiger partial charge < -0.3 is 13.9 Å². The summed E-state index contributed by atoms with van der Waals surface area (Å²) in [6, 6.07) is 6.93. The lowest BCUT2D eigenvalue weighted by molar-refractivity contribution is -0.159. The molecule has 0 bridgehead atoms. The van der Waals surface area contributed by atoms with Crippen LogP contribution in [0.1, 0.15) is 12.5 Å². The first-order valence-electron chi connectivity index (χ1n) is 5.54. The Morgan fingerprint density at radius 2 is 2.17 bits per heavy atom. The third kappa shape index (κ3) is 1.64. The molecular formula is C13H10O5. The zero-order valence-electron chi connectivity index (χ0n) is 9.64. The van der Waals surface area contributed by atoms with Crippen LogP contribution in [0, 0.1) is 0 Å². The van der Waals surface area contributed by atoms with Crippen LogP contribution in [0.4, 0.5) is 0 Å². The molecule has 1 aliphatic heterocycles. The smallest absolute Gasteiger partial charge is 0.305 e. The highest BCUT2D eigenvalue weighted by atomic mass is 16.7. The van der Waals surface area contributed by atoms with Crippen molar-refractivity contribution < 1.29 is 18.7 Å². The molecule has 0 fully saturated rings. The Hall–Kier alpha value is -2.30. The fourth-order valence-electron chi connectivity index (χ4n) is 2.01. The molecule has 0 saturated carbocycles. The van der Waals surface area contributed by atoms with Gasteiger partial charge in [-0.05, 0) is 12.1 Å². The van der Waals surface area contributed by atoms with Crippen molar-refractivity contribution >= 4 is 16.9 Å². The lowest BCUT2D eigenvalue weighted by Crippen LogP contribution is -2.20. The second kappa shape index (κ2) is 3.87. The molecule has 3 rings (SSSR count). The summed E-state index contributed by atoms with van der Waals surface area (Å²) in [5.41, 5.74) is 0.742. The van der Waals surface area contributed by atoms with Crippen LogP contribution in [0.25, 0.3) is 11.0 Å². The summed E-state index contributed by atoms with van der Waals surface area (Å²) in [6.45, 7) is 1.29. The van der Waals surface area contributed by atoms with E-state index in [1.165, 1.54) is 6.92 Å². The van der Waals surface area contributed by atoms with E-state index >= 15 is 0 Å². The van der Waals surface area contributed by atoms with Crippen molar-refractivity contribution in [3.05, 3.63) is 40.1 Å². The van der Waals surface area contributed by atoms with Gasteiger partial charge in [0.05, 0.1) is 17.4 Å². The van der Waals surface area contributed by atoms with Crippen LogP contribution < -0.4 is 10.2 Å². The maximum absolute atomic E-state index is 12.2. The molecule has 1 aliphatic rings. The van der Waals surface area contributed by atoms with Crippen molar-refractivity contribution in [2.24, 2.45) is 0 Å². The predicted octanol–water partition coefficient (Wildman–Crippen LogP) is 1.62. The molecule has 0 saturated heterocycles. The molecule has 18 heavy (non-hydrogen) atoms. The van der Waals surface area contributed by atoms with Crippen molar-refractivity contribution in [2.45, 2.75) is 19.6 Å². The number of carbonyl (C=O) groups is 1. The minimum absolute atomic E-state index is 0.137. The summed E-state index contributed by atoms with van der Waals surface area (Å²) in [5.74, 6) is -0.310. The highest BCUT2D eigenvalue weighted by Crippen LogP contribution is 2.29. The Balaban J connectivity index is 2.08. The number of carbonyl (C=O) groups excluding carboxylic acids is 1. The van der Waals surface area contributed by atoms with Gasteiger partial charge >= 0.3 is 5.97 Å². The molecular weight excluding hydrogens is 236 g/mol. The van der Waals surface area contributed by atoms with Crippen molar-refractivity contribution in [2.75, 3.05) is 0 Å².